The number of nitrogens with one attached hydrogen (secondary N) is 1. The first-order chi connectivity index (χ1) is 11.5. The van der Waals surface area contributed by atoms with Gasteiger partial charge in [-0.15, -0.1) is 11.3 Å². The van der Waals surface area contributed by atoms with E-state index in [9.17, 15) is 9.59 Å². The van der Waals surface area contributed by atoms with Gasteiger partial charge in [-0.25, -0.2) is 4.98 Å². The predicted octanol–water partition coefficient (Wildman–Crippen LogP) is 2.76. The van der Waals surface area contributed by atoms with Crippen molar-refractivity contribution in [3.8, 4) is 0 Å². The number of carbonyl (C=O) groups excluding carboxylic acids is 2. The summed E-state index contributed by atoms with van der Waals surface area (Å²) in [6.45, 7) is 1.95. The van der Waals surface area contributed by atoms with Crippen molar-refractivity contribution in [3.05, 3.63) is 64.7 Å². The molecule has 24 heavy (non-hydrogen) atoms. The van der Waals surface area contributed by atoms with Gasteiger partial charge in [0, 0.05) is 23.6 Å². The SMILES string of the molecule is CC(Cc1nc2ccccc2s1)NC(=O)c1ccc(C(N)=O)cc1. The first-order valence-corrected chi connectivity index (χ1v) is 8.40. The summed E-state index contributed by atoms with van der Waals surface area (Å²) >= 11 is 1.64. The van der Waals surface area contributed by atoms with E-state index in [0.29, 0.717) is 17.5 Å². The van der Waals surface area contributed by atoms with Crippen LogP contribution in [-0.2, 0) is 6.42 Å². The molecule has 3 aromatic rings. The Morgan fingerprint density at radius 1 is 1.12 bits per heavy atom. The Morgan fingerprint density at radius 3 is 2.46 bits per heavy atom. The number of primary amides is 1. The lowest BCUT2D eigenvalue weighted by Gasteiger charge is -2.12. The van der Waals surface area contributed by atoms with Gasteiger partial charge in [0.15, 0.2) is 0 Å². The highest BCUT2D eigenvalue weighted by molar-refractivity contribution is 7.18. The van der Waals surface area contributed by atoms with E-state index in [1.54, 1.807) is 35.6 Å². The first kappa shape index (κ1) is 16.1. The van der Waals surface area contributed by atoms with Crippen molar-refractivity contribution in [2.24, 2.45) is 5.73 Å². The molecule has 0 saturated heterocycles. The molecule has 122 valence electrons. The van der Waals surface area contributed by atoms with Gasteiger partial charge in [0.25, 0.3) is 5.91 Å². The Bertz CT molecular complexity index is 854. The minimum Gasteiger partial charge on any atom is -0.366 e. The van der Waals surface area contributed by atoms with Crippen LogP contribution in [0.5, 0.6) is 0 Å². The number of carbonyl (C=O) groups is 2. The van der Waals surface area contributed by atoms with Crippen LogP contribution >= 0.6 is 11.3 Å². The molecule has 0 aliphatic carbocycles. The highest BCUT2D eigenvalue weighted by Crippen LogP contribution is 2.22. The summed E-state index contributed by atoms with van der Waals surface area (Å²) in [6, 6.07) is 14.2. The zero-order chi connectivity index (χ0) is 17.1. The quantitative estimate of drug-likeness (QED) is 0.749. The molecule has 1 unspecified atom stereocenters. The number of aromatic nitrogens is 1. The molecule has 5 nitrogen and oxygen atoms in total. The zero-order valence-corrected chi connectivity index (χ0v) is 14.0. The highest BCUT2D eigenvalue weighted by Gasteiger charge is 2.13. The largest absolute Gasteiger partial charge is 0.366 e. The summed E-state index contributed by atoms with van der Waals surface area (Å²) in [5.41, 5.74) is 7.06. The Kier molecular flexibility index (Phi) is 4.57. The van der Waals surface area contributed by atoms with Crippen LogP contribution in [0.3, 0.4) is 0 Å². The van der Waals surface area contributed by atoms with Gasteiger partial charge in [-0.2, -0.15) is 0 Å². The van der Waals surface area contributed by atoms with Gasteiger partial charge in [0.2, 0.25) is 5.91 Å². The number of para-hydroxylation sites is 1. The van der Waals surface area contributed by atoms with E-state index in [1.165, 1.54) is 0 Å². The normalized spacial score (nSPS) is 12.0. The monoisotopic (exact) mass is 339 g/mol. The summed E-state index contributed by atoms with van der Waals surface area (Å²) in [7, 11) is 0. The minimum atomic E-state index is -0.508. The van der Waals surface area contributed by atoms with Crippen molar-refractivity contribution in [1.82, 2.24) is 10.3 Å². The Hall–Kier alpha value is -2.73. The molecule has 3 N–H and O–H groups in total. The molecular weight excluding hydrogens is 322 g/mol. The fraction of sp³-hybridized carbons (Fsp3) is 0.167. The number of hydrogen-bond acceptors (Lipinski definition) is 4. The van der Waals surface area contributed by atoms with E-state index in [-0.39, 0.29) is 11.9 Å². The number of rotatable bonds is 5. The van der Waals surface area contributed by atoms with Gasteiger partial charge in [-0.05, 0) is 43.3 Å². The van der Waals surface area contributed by atoms with Gasteiger partial charge in [0.1, 0.15) is 0 Å². The average Bonchev–Trinajstić information content (AvgIpc) is 2.96. The molecule has 0 bridgehead atoms. The number of nitrogens with zero attached hydrogens (tertiary/aromatic N) is 1. The third-order valence-electron chi connectivity index (χ3n) is 3.63. The topological polar surface area (TPSA) is 85.1 Å². The Morgan fingerprint density at radius 2 is 1.79 bits per heavy atom. The number of fused-ring (bicyclic) bond motifs is 1. The third-order valence-corrected chi connectivity index (χ3v) is 4.69. The minimum absolute atomic E-state index is 0.0473. The van der Waals surface area contributed by atoms with E-state index < -0.39 is 5.91 Å². The zero-order valence-electron chi connectivity index (χ0n) is 13.2. The fourth-order valence-corrected chi connectivity index (χ4v) is 3.51. The van der Waals surface area contributed by atoms with Crippen molar-refractivity contribution in [2.45, 2.75) is 19.4 Å². The molecule has 1 aromatic heterocycles. The van der Waals surface area contributed by atoms with Crippen LogP contribution in [0.4, 0.5) is 0 Å². The summed E-state index contributed by atoms with van der Waals surface area (Å²) < 4.78 is 1.15. The Labute approximate surface area is 143 Å². The lowest BCUT2D eigenvalue weighted by Crippen LogP contribution is -2.34. The summed E-state index contributed by atoms with van der Waals surface area (Å²) in [5.74, 6) is -0.689. The second kappa shape index (κ2) is 6.80. The maximum atomic E-state index is 12.3. The molecule has 0 spiro atoms. The molecular formula is C18H17N3O2S. The van der Waals surface area contributed by atoms with E-state index in [4.69, 9.17) is 5.73 Å². The van der Waals surface area contributed by atoms with Crippen LogP contribution in [0.15, 0.2) is 48.5 Å². The summed E-state index contributed by atoms with van der Waals surface area (Å²) in [5, 5.41) is 3.94. The molecule has 2 aromatic carbocycles. The number of amides is 2. The number of thiazole rings is 1. The van der Waals surface area contributed by atoms with Crippen molar-refractivity contribution in [1.29, 1.82) is 0 Å². The van der Waals surface area contributed by atoms with Crippen molar-refractivity contribution >= 4 is 33.4 Å². The van der Waals surface area contributed by atoms with Crippen molar-refractivity contribution in [3.63, 3.8) is 0 Å². The highest BCUT2D eigenvalue weighted by atomic mass is 32.1. The Balaban J connectivity index is 1.64. The van der Waals surface area contributed by atoms with Gasteiger partial charge < -0.3 is 11.1 Å². The van der Waals surface area contributed by atoms with Crippen LogP contribution < -0.4 is 11.1 Å². The van der Waals surface area contributed by atoms with Crippen LogP contribution in [0.2, 0.25) is 0 Å². The van der Waals surface area contributed by atoms with E-state index >= 15 is 0 Å². The van der Waals surface area contributed by atoms with Crippen LogP contribution in [0.1, 0.15) is 32.6 Å². The average molecular weight is 339 g/mol. The molecule has 6 heteroatoms. The molecule has 0 saturated carbocycles. The molecule has 1 heterocycles. The lowest BCUT2D eigenvalue weighted by atomic mass is 10.1. The molecule has 3 rings (SSSR count). The number of hydrogen-bond donors (Lipinski definition) is 2. The molecule has 1 atom stereocenters. The molecule has 0 fully saturated rings. The maximum absolute atomic E-state index is 12.3. The lowest BCUT2D eigenvalue weighted by molar-refractivity contribution is 0.0937. The van der Waals surface area contributed by atoms with Crippen molar-refractivity contribution < 1.29 is 9.59 Å². The van der Waals surface area contributed by atoms with Gasteiger partial charge in [0.05, 0.1) is 15.2 Å². The molecule has 2 amide bonds. The standard InChI is InChI=1S/C18H17N3O2S/c1-11(10-16-21-14-4-2-3-5-15(14)24-16)20-18(23)13-8-6-12(7-9-13)17(19)22/h2-9,11H,10H2,1H3,(H2,19,22)(H,20,23). The van der Waals surface area contributed by atoms with E-state index in [2.05, 4.69) is 10.3 Å². The van der Waals surface area contributed by atoms with Gasteiger partial charge >= 0.3 is 0 Å². The first-order valence-electron chi connectivity index (χ1n) is 7.58. The van der Waals surface area contributed by atoms with Crippen LogP contribution in [0, 0.1) is 0 Å². The second-order valence-electron chi connectivity index (χ2n) is 5.60. The third kappa shape index (κ3) is 3.60. The summed E-state index contributed by atoms with van der Waals surface area (Å²) in [4.78, 5) is 27.9. The summed E-state index contributed by atoms with van der Waals surface area (Å²) in [6.07, 6.45) is 0.671. The fourth-order valence-electron chi connectivity index (χ4n) is 2.41. The number of benzene rings is 2. The second-order valence-corrected chi connectivity index (χ2v) is 6.71. The van der Waals surface area contributed by atoms with Gasteiger partial charge in [-0.1, -0.05) is 12.1 Å². The van der Waals surface area contributed by atoms with Crippen molar-refractivity contribution in [2.75, 3.05) is 0 Å². The number of nitrogens with two attached hydrogens (primary N) is 1. The van der Waals surface area contributed by atoms with Gasteiger partial charge in [-0.3, -0.25) is 9.59 Å². The smallest absolute Gasteiger partial charge is 0.251 e. The molecule has 0 radical (unpaired) electrons. The van der Waals surface area contributed by atoms with E-state index in [0.717, 1.165) is 15.2 Å². The maximum Gasteiger partial charge on any atom is 0.251 e. The van der Waals surface area contributed by atoms with Crippen LogP contribution in [0.25, 0.3) is 10.2 Å². The predicted molar refractivity (Wildman–Crippen MR) is 95.2 cm³/mol. The molecule has 0 aliphatic heterocycles. The van der Waals surface area contributed by atoms with Crippen LogP contribution in [-0.4, -0.2) is 22.8 Å². The molecule has 0 aliphatic rings. The van der Waals surface area contributed by atoms with E-state index in [1.807, 2.05) is 31.2 Å².